The number of carboxylic acids is 1. The fourth-order valence-corrected chi connectivity index (χ4v) is 2.20. The third-order valence-electron chi connectivity index (χ3n) is 2.96. The summed E-state index contributed by atoms with van der Waals surface area (Å²) in [7, 11) is 0. The molecule has 1 N–H and O–H groups in total. The lowest BCUT2D eigenvalue weighted by Crippen LogP contribution is -1.94. The van der Waals surface area contributed by atoms with Gasteiger partial charge in [0.05, 0.1) is 5.56 Å². The Bertz CT molecular complexity index is 841. The molecular weight excluding hydrogens is 338 g/mol. The van der Waals surface area contributed by atoms with Crippen molar-refractivity contribution in [1.82, 2.24) is 4.98 Å². The normalized spacial score (nSPS) is 10.8. The molecule has 0 aliphatic heterocycles. The molecule has 0 aliphatic rings. The Morgan fingerprint density at radius 1 is 1.29 bits per heavy atom. The van der Waals surface area contributed by atoms with E-state index in [0.29, 0.717) is 16.8 Å². The van der Waals surface area contributed by atoms with E-state index in [1.54, 1.807) is 6.07 Å². The lowest BCUT2D eigenvalue weighted by Gasteiger charge is -2.04. The summed E-state index contributed by atoms with van der Waals surface area (Å²) in [5, 5.41) is 8.95. The highest BCUT2D eigenvalue weighted by molar-refractivity contribution is 9.10. The summed E-state index contributed by atoms with van der Waals surface area (Å²) >= 11 is 3.37. The van der Waals surface area contributed by atoms with Gasteiger partial charge in [0.2, 0.25) is 0 Å². The molecule has 0 aliphatic carbocycles. The summed E-state index contributed by atoms with van der Waals surface area (Å²) in [5.74, 6) is -0.395. The van der Waals surface area contributed by atoms with Crippen LogP contribution >= 0.6 is 15.9 Å². The second kappa shape index (κ2) is 5.21. The third kappa shape index (κ3) is 2.75. The molecule has 106 valence electrons. The van der Waals surface area contributed by atoms with Crippen LogP contribution in [0.2, 0.25) is 0 Å². The number of aromatic nitrogens is 1. The molecule has 21 heavy (non-hydrogen) atoms. The number of oxazole rings is 1. The van der Waals surface area contributed by atoms with Crippen LogP contribution in [0.25, 0.3) is 11.1 Å². The monoisotopic (exact) mass is 347 g/mol. The number of carboxylic acid groups (broad SMARTS) is 1. The molecule has 1 heterocycles. The number of ether oxygens (including phenoxy) is 1. The van der Waals surface area contributed by atoms with Crippen LogP contribution in [0.5, 0.6) is 11.8 Å². The first-order valence-electron chi connectivity index (χ1n) is 6.11. The van der Waals surface area contributed by atoms with Crippen molar-refractivity contribution in [1.29, 1.82) is 0 Å². The first kappa shape index (κ1) is 13.6. The zero-order valence-corrected chi connectivity index (χ0v) is 12.5. The number of halogens is 1. The van der Waals surface area contributed by atoms with Gasteiger partial charge in [-0.1, -0.05) is 22.0 Å². The van der Waals surface area contributed by atoms with E-state index in [9.17, 15) is 4.79 Å². The predicted molar refractivity (Wildman–Crippen MR) is 79.9 cm³/mol. The van der Waals surface area contributed by atoms with Gasteiger partial charge in [0.1, 0.15) is 11.3 Å². The first-order chi connectivity index (χ1) is 10.0. The van der Waals surface area contributed by atoms with Gasteiger partial charge in [0, 0.05) is 4.47 Å². The van der Waals surface area contributed by atoms with E-state index in [1.165, 1.54) is 12.1 Å². The number of fused-ring (bicyclic) bond motifs is 1. The topological polar surface area (TPSA) is 72.6 Å². The minimum absolute atomic E-state index is 0.0775. The molecular formula is C15H10BrNO4. The van der Waals surface area contributed by atoms with Crippen molar-refractivity contribution in [2.75, 3.05) is 0 Å². The van der Waals surface area contributed by atoms with Crippen LogP contribution in [-0.4, -0.2) is 16.1 Å². The largest absolute Gasteiger partial charge is 0.478 e. The predicted octanol–water partition coefficient (Wildman–Crippen LogP) is 4.39. The van der Waals surface area contributed by atoms with E-state index in [-0.39, 0.29) is 11.6 Å². The van der Waals surface area contributed by atoms with Gasteiger partial charge in [-0.05, 0) is 42.8 Å². The van der Waals surface area contributed by atoms with Gasteiger partial charge in [0.25, 0.3) is 0 Å². The lowest BCUT2D eigenvalue weighted by atomic mass is 10.2. The summed E-state index contributed by atoms with van der Waals surface area (Å²) in [6.07, 6.45) is 0.0775. The second-order valence-corrected chi connectivity index (χ2v) is 5.39. The number of carbonyl (C=O) groups is 1. The molecule has 3 aromatic rings. The smallest absolute Gasteiger partial charge is 0.400 e. The number of aromatic carboxylic acids is 1. The Morgan fingerprint density at radius 2 is 2.10 bits per heavy atom. The molecule has 0 saturated carbocycles. The molecule has 3 rings (SSSR count). The molecule has 0 unspecified atom stereocenters. The zero-order valence-electron chi connectivity index (χ0n) is 11.0. The van der Waals surface area contributed by atoms with Crippen LogP contribution in [-0.2, 0) is 0 Å². The maximum Gasteiger partial charge on any atom is 0.400 e. The number of hydrogen-bond donors (Lipinski definition) is 1. The van der Waals surface area contributed by atoms with Crippen LogP contribution in [0.4, 0.5) is 0 Å². The molecule has 6 heteroatoms. The molecule has 0 spiro atoms. The molecule has 0 atom stereocenters. The van der Waals surface area contributed by atoms with Gasteiger partial charge < -0.3 is 14.3 Å². The number of rotatable bonds is 3. The van der Waals surface area contributed by atoms with Crippen molar-refractivity contribution in [3.8, 4) is 11.8 Å². The lowest BCUT2D eigenvalue weighted by molar-refractivity contribution is 0.0697. The minimum atomic E-state index is -1.02. The fraction of sp³-hybridized carbons (Fsp3) is 0.0667. The fourth-order valence-electron chi connectivity index (χ4n) is 1.86. The Hall–Kier alpha value is -2.34. The SMILES string of the molecule is Cc1ccc(Br)cc1Oc1nc2ccc(C(=O)O)cc2o1. The van der Waals surface area contributed by atoms with Crippen LogP contribution in [0.1, 0.15) is 15.9 Å². The molecule has 0 radical (unpaired) electrons. The van der Waals surface area contributed by atoms with Crippen molar-refractivity contribution in [3.05, 3.63) is 52.0 Å². The van der Waals surface area contributed by atoms with Gasteiger partial charge in [0.15, 0.2) is 5.58 Å². The Balaban J connectivity index is 1.97. The maximum absolute atomic E-state index is 10.9. The number of nitrogens with zero attached hydrogens (tertiary/aromatic N) is 1. The van der Waals surface area contributed by atoms with Gasteiger partial charge in [-0.25, -0.2) is 4.79 Å². The van der Waals surface area contributed by atoms with Gasteiger partial charge in [-0.3, -0.25) is 0 Å². The van der Waals surface area contributed by atoms with Crippen molar-refractivity contribution in [2.45, 2.75) is 6.92 Å². The Morgan fingerprint density at radius 3 is 2.86 bits per heavy atom. The standard InChI is InChI=1S/C15H10BrNO4/c1-8-2-4-10(16)7-12(8)20-15-17-11-5-3-9(14(18)19)6-13(11)21-15/h2-7H,1H3,(H,18,19). The summed E-state index contributed by atoms with van der Waals surface area (Å²) in [5.41, 5.74) is 2.00. The summed E-state index contributed by atoms with van der Waals surface area (Å²) < 4.78 is 11.9. The van der Waals surface area contributed by atoms with E-state index >= 15 is 0 Å². The van der Waals surface area contributed by atoms with Gasteiger partial charge in [-0.2, -0.15) is 4.98 Å². The molecule has 2 aromatic carbocycles. The van der Waals surface area contributed by atoms with Crippen LogP contribution in [0.15, 0.2) is 45.3 Å². The highest BCUT2D eigenvalue weighted by Crippen LogP contribution is 2.30. The van der Waals surface area contributed by atoms with Crippen molar-refractivity contribution in [2.24, 2.45) is 0 Å². The van der Waals surface area contributed by atoms with E-state index in [1.807, 2.05) is 25.1 Å². The minimum Gasteiger partial charge on any atom is -0.478 e. The summed E-state index contributed by atoms with van der Waals surface area (Å²) in [4.78, 5) is 15.1. The molecule has 5 nitrogen and oxygen atoms in total. The van der Waals surface area contributed by atoms with E-state index in [4.69, 9.17) is 14.3 Å². The van der Waals surface area contributed by atoms with Crippen LogP contribution in [0.3, 0.4) is 0 Å². The molecule has 0 amide bonds. The van der Waals surface area contributed by atoms with Gasteiger partial charge >= 0.3 is 12.0 Å². The van der Waals surface area contributed by atoms with E-state index in [0.717, 1.165) is 10.0 Å². The number of hydrogen-bond acceptors (Lipinski definition) is 4. The average Bonchev–Trinajstić information content (AvgIpc) is 2.84. The van der Waals surface area contributed by atoms with Crippen molar-refractivity contribution >= 4 is 33.0 Å². The third-order valence-corrected chi connectivity index (χ3v) is 3.46. The quantitative estimate of drug-likeness (QED) is 0.760. The average molecular weight is 348 g/mol. The Kier molecular flexibility index (Phi) is 3.39. The van der Waals surface area contributed by atoms with E-state index in [2.05, 4.69) is 20.9 Å². The van der Waals surface area contributed by atoms with Crippen LogP contribution < -0.4 is 4.74 Å². The second-order valence-electron chi connectivity index (χ2n) is 4.48. The summed E-state index contributed by atoms with van der Waals surface area (Å²) in [6.45, 7) is 1.91. The van der Waals surface area contributed by atoms with Crippen molar-refractivity contribution in [3.63, 3.8) is 0 Å². The van der Waals surface area contributed by atoms with E-state index < -0.39 is 5.97 Å². The highest BCUT2D eigenvalue weighted by Gasteiger charge is 2.12. The van der Waals surface area contributed by atoms with Gasteiger partial charge in [-0.15, -0.1) is 0 Å². The Labute approximate surface area is 128 Å². The molecule has 0 fully saturated rings. The zero-order chi connectivity index (χ0) is 15.0. The highest BCUT2D eigenvalue weighted by atomic mass is 79.9. The number of aryl methyl sites for hydroxylation is 1. The molecule has 0 saturated heterocycles. The van der Waals surface area contributed by atoms with Crippen LogP contribution in [0, 0.1) is 6.92 Å². The first-order valence-corrected chi connectivity index (χ1v) is 6.90. The summed E-state index contributed by atoms with van der Waals surface area (Å²) in [6, 6.07) is 10.1. The number of benzene rings is 2. The molecule has 0 bridgehead atoms. The maximum atomic E-state index is 10.9. The molecule has 1 aromatic heterocycles. The van der Waals surface area contributed by atoms with Crippen molar-refractivity contribution < 1.29 is 19.1 Å².